The maximum Gasteiger partial charge on any atom is 0.287 e. The van der Waals surface area contributed by atoms with Gasteiger partial charge in [0, 0.05) is 12.3 Å². The van der Waals surface area contributed by atoms with E-state index >= 15 is 0 Å². The molecule has 1 unspecified atom stereocenters. The summed E-state index contributed by atoms with van der Waals surface area (Å²) in [7, 11) is 0. The number of anilines is 1. The van der Waals surface area contributed by atoms with E-state index in [1.807, 2.05) is 12.1 Å². The molecule has 0 saturated heterocycles. The summed E-state index contributed by atoms with van der Waals surface area (Å²) >= 11 is 0. The third kappa shape index (κ3) is 3.52. The van der Waals surface area contributed by atoms with Crippen LogP contribution in [0.1, 0.15) is 17.3 Å². The van der Waals surface area contributed by atoms with E-state index in [9.17, 15) is 14.5 Å². The van der Waals surface area contributed by atoms with Gasteiger partial charge in [-0.1, -0.05) is 18.2 Å². The highest BCUT2D eigenvalue weighted by Crippen LogP contribution is 2.25. The van der Waals surface area contributed by atoms with Crippen LogP contribution in [0.4, 0.5) is 15.9 Å². The lowest BCUT2D eigenvalue weighted by Crippen LogP contribution is -2.14. The summed E-state index contributed by atoms with van der Waals surface area (Å²) in [5.74, 6) is 0.0763. The van der Waals surface area contributed by atoms with E-state index in [2.05, 4.69) is 15.3 Å². The SMILES string of the molecule is O=[N+]([O-])c1ccc(NC(c2cccc(F)c2)c2ccccn2)nc1. The second-order valence-electron chi connectivity index (χ2n) is 5.05. The van der Waals surface area contributed by atoms with E-state index in [1.165, 1.54) is 30.5 Å². The van der Waals surface area contributed by atoms with Gasteiger partial charge < -0.3 is 5.32 Å². The van der Waals surface area contributed by atoms with Crippen molar-refractivity contribution in [3.8, 4) is 0 Å². The Morgan fingerprint density at radius 2 is 1.96 bits per heavy atom. The minimum absolute atomic E-state index is 0.0966. The number of pyridine rings is 2. The normalized spacial score (nSPS) is 11.7. The fraction of sp³-hybridized carbons (Fsp3) is 0.0588. The summed E-state index contributed by atoms with van der Waals surface area (Å²) in [6, 6.07) is 14.0. The van der Waals surface area contributed by atoms with E-state index in [1.54, 1.807) is 24.4 Å². The van der Waals surface area contributed by atoms with Gasteiger partial charge in [0.05, 0.1) is 16.7 Å². The van der Waals surface area contributed by atoms with Crippen molar-refractivity contribution in [2.45, 2.75) is 6.04 Å². The lowest BCUT2D eigenvalue weighted by atomic mass is 10.0. The van der Waals surface area contributed by atoms with Crippen LogP contribution in [0.5, 0.6) is 0 Å². The van der Waals surface area contributed by atoms with E-state index in [0.29, 0.717) is 17.1 Å². The summed E-state index contributed by atoms with van der Waals surface area (Å²) in [4.78, 5) is 18.5. The molecule has 24 heavy (non-hydrogen) atoms. The van der Waals surface area contributed by atoms with Crippen molar-refractivity contribution >= 4 is 11.5 Å². The van der Waals surface area contributed by atoms with Crippen LogP contribution < -0.4 is 5.32 Å². The highest BCUT2D eigenvalue weighted by Gasteiger charge is 2.17. The maximum absolute atomic E-state index is 13.6. The fourth-order valence-electron chi connectivity index (χ4n) is 2.29. The standard InChI is InChI=1S/C17H13FN4O2/c18-13-5-3-4-12(10-13)17(15-6-1-2-9-19-15)21-16-8-7-14(11-20-16)22(23)24/h1-11,17H,(H,20,21). The number of hydrogen-bond donors (Lipinski definition) is 1. The average molecular weight is 324 g/mol. The first-order valence-electron chi connectivity index (χ1n) is 7.17. The quantitative estimate of drug-likeness (QED) is 0.571. The third-order valence-electron chi connectivity index (χ3n) is 3.42. The Balaban J connectivity index is 1.94. The van der Waals surface area contributed by atoms with E-state index < -0.39 is 11.0 Å². The maximum atomic E-state index is 13.6. The molecule has 6 nitrogen and oxygen atoms in total. The first-order chi connectivity index (χ1) is 11.6. The van der Waals surface area contributed by atoms with Gasteiger partial charge in [0.2, 0.25) is 0 Å². The molecule has 0 spiro atoms. The number of benzene rings is 1. The van der Waals surface area contributed by atoms with Gasteiger partial charge in [-0.05, 0) is 35.9 Å². The van der Waals surface area contributed by atoms with Crippen molar-refractivity contribution in [1.29, 1.82) is 0 Å². The second-order valence-corrected chi connectivity index (χ2v) is 5.05. The van der Waals surface area contributed by atoms with Crippen molar-refractivity contribution in [2.24, 2.45) is 0 Å². The summed E-state index contributed by atoms with van der Waals surface area (Å²) in [5.41, 5.74) is 1.26. The fourth-order valence-corrected chi connectivity index (χ4v) is 2.29. The van der Waals surface area contributed by atoms with Crippen molar-refractivity contribution in [1.82, 2.24) is 9.97 Å². The molecule has 0 amide bonds. The van der Waals surface area contributed by atoms with Crippen LogP contribution in [0.2, 0.25) is 0 Å². The van der Waals surface area contributed by atoms with Crippen molar-refractivity contribution in [3.63, 3.8) is 0 Å². The van der Waals surface area contributed by atoms with Crippen LogP contribution in [-0.4, -0.2) is 14.9 Å². The Bertz CT molecular complexity index is 841. The summed E-state index contributed by atoms with van der Waals surface area (Å²) < 4.78 is 13.6. The van der Waals surface area contributed by atoms with Gasteiger partial charge in [-0.25, -0.2) is 9.37 Å². The molecule has 2 heterocycles. The number of rotatable bonds is 5. The Labute approximate surface area is 137 Å². The van der Waals surface area contributed by atoms with Gasteiger partial charge in [-0.15, -0.1) is 0 Å². The minimum atomic E-state index is -0.514. The predicted molar refractivity (Wildman–Crippen MR) is 87.0 cm³/mol. The molecule has 0 aliphatic carbocycles. The molecule has 7 heteroatoms. The Morgan fingerprint density at radius 1 is 1.08 bits per heavy atom. The number of nitro groups is 1. The summed E-state index contributed by atoms with van der Waals surface area (Å²) in [6.45, 7) is 0. The number of nitrogens with zero attached hydrogens (tertiary/aromatic N) is 3. The van der Waals surface area contributed by atoms with Crippen molar-refractivity contribution < 1.29 is 9.31 Å². The zero-order chi connectivity index (χ0) is 16.9. The second kappa shape index (κ2) is 6.82. The van der Waals surface area contributed by atoms with Crippen molar-refractivity contribution in [2.75, 3.05) is 5.32 Å². The Morgan fingerprint density at radius 3 is 2.58 bits per heavy atom. The molecular formula is C17H13FN4O2. The molecule has 0 bridgehead atoms. The molecule has 0 fully saturated rings. The van der Waals surface area contributed by atoms with E-state index in [0.717, 1.165) is 0 Å². The molecule has 1 atom stereocenters. The van der Waals surface area contributed by atoms with Crippen LogP contribution in [-0.2, 0) is 0 Å². The Kier molecular flexibility index (Phi) is 4.42. The number of aromatic nitrogens is 2. The van der Waals surface area contributed by atoms with Crippen LogP contribution in [0.15, 0.2) is 67.0 Å². The Hall–Kier alpha value is -3.35. The molecule has 2 aromatic heterocycles. The molecule has 0 radical (unpaired) electrons. The van der Waals surface area contributed by atoms with E-state index in [-0.39, 0.29) is 11.5 Å². The number of hydrogen-bond acceptors (Lipinski definition) is 5. The molecule has 3 rings (SSSR count). The topological polar surface area (TPSA) is 81.0 Å². The molecule has 0 aliphatic rings. The lowest BCUT2D eigenvalue weighted by Gasteiger charge is -2.19. The largest absolute Gasteiger partial charge is 0.358 e. The first kappa shape index (κ1) is 15.5. The van der Waals surface area contributed by atoms with Crippen LogP contribution >= 0.6 is 0 Å². The molecule has 1 aromatic carbocycles. The van der Waals surface area contributed by atoms with Crippen LogP contribution in [0.3, 0.4) is 0 Å². The molecular weight excluding hydrogens is 311 g/mol. The van der Waals surface area contributed by atoms with Gasteiger partial charge in [0.1, 0.15) is 17.8 Å². The van der Waals surface area contributed by atoms with Crippen molar-refractivity contribution in [3.05, 3.63) is 94.2 Å². The van der Waals surface area contributed by atoms with Gasteiger partial charge in [0.15, 0.2) is 0 Å². The summed E-state index contributed by atoms with van der Waals surface area (Å²) in [5, 5.41) is 13.9. The van der Waals surface area contributed by atoms with E-state index in [4.69, 9.17) is 0 Å². The summed E-state index contributed by atoms with van der Waals surface area (Å²) in [6.07, 6.45) is 2.82. The number of halogens is 1. The van der Waals surface area contributed by atoms with Gasteiger partial charge in [0.25, 0.3) is 5.69 Å². The zero-order valence-corrected chi connectivity index (χ0v) is 12.5. The molecule has 3 aromatic rings. The smallest absolute Gasteiger partial charge is 0.287 e. The molecule has 120 valence electrons. The monoisotopic (exact) mass is 324 g/mol. The highest BCUT2D eigenvalue weighted by atomic mass is 19.1. The molecule has 0 saturated carbocycles. The average Bonchev–Trinajstić information content (AvgIpc) is 2.61. The first-order valence-corrected chi connectivity index (χ1v) is 7.17. The van der Waals surface area contributed by atoms with Gasteiger partial charge >= 0.3 is 0 Å². The minimum Gasteiger partial charge on any atom is -0.358 e. The van der Waals surface area contributed by atoms with Gasteiger partial charge in [-0.2, -0.15) is 0 Å². The third-order valence-corrected chi connectivity index (χ3v) is 3.42. The highest BCUT2D eigenvalue weighted by molar-refractivity contribution is 5.45. The zero-order valence-electron chi connectivity index (χ0n) is 12.5. The van der Waals surface area contributed by atoms with Gasteiger partial charge in [-0.3, -0.25) is 15.1 Å². The van der Waals surface area contributed by atoms with Crippen LogP contribution in [0, 0.1) is 15.9 Å². The number of nitrogens with one attached hydrogen (secondary N) is 1. The van der Waals surface area contributed by atoms with Crippen LogP contribution in [0.25, 0.3) is 0 Å². The molecule has 0 aliphatic heterocycles. The predicted octanol–water partition coefficient (Wildman–Crippen LogP) is 3.73. The lowest BCUT2D eigenvalue weighted by molar-refractivity contribution is -0.385. The molecule has 1 N–H and O–H groups in total.